The summed E-state index contributed by atoms with van der Waals surface area (Å²) < 4.78 is 0. The highest BCUT2D eigenvalue weighted by Gasteiger charge is 2.41. The van der Waals surface area contributed by atoms with Crippen LogP contribution in [0.1, 0.15) is 25.7 Å². The van der Waals surface area contributed by atoms with E-state index in [0.29, 0.717) is 0 Å². The Kier molecular flexibility index (Phi) is 1.54. The van der Waals surface area contributed by atoms with Crippen LogP contribution >= 0.6 is 0 Å². The lowest BCUT2D eigenvalue weighted by molar-refractivity contribution is 0.162. The summed E-state index contributed by atoms with van der Waals surface area (Å²) in [7, 11) is 0. The number of hydrogen-bond acceptors (Lipinski definition) is 1. The fraction of sp³-hybridized carbons (Fsp3) is 0.818. The summed E-state index contributed by atoms with van der Waals surface area (Å²) in [5.74, 6) is 2.96. The van der Waals surface area contributed by atoms with Gasteiger partial charge in [-0.1, -0.05) is 12.2 Å². The van der Waals surface area contributed by atoms with Crippen molar-refractivity contribution in [3.8, 4) is 0 Å². The third-order valence-electron chi connectivity index (χ3n) is 3.73. The zero-order valence-corrected chi connectivity index (χ0v) is 7.50. The van der Waals surface area contributed by atoms with Crippen LogP contribution in [0.3, 0.4) is 0 Å². The van der Waals surface area contributed by atoms with E-state index < -0.39 is 0 Å². The molecule has 2 saturated carbocycles. The van der Waals surface area contributed by atoms with Gasteiger partial charge in [-0.2, -0.15) is 0 Å². The molecule has 0 aromatic carbocycles. The van der Waals surface area contributed by atoms with E-state index >= 15 is 0 Å². The zero-order chi connectivity index (χ0) is 7.97. The smallest absolute Gasteiger partial charge is 0.0136 e. The molecule has 0 spiro atoms. The number of rotatable bonds is 3. The Morgan fingerprint density at radius 1 is 1.33 bits per heavy atom. The molecule has 1 heteroatoms. The van der Waals surface area contributed by atoms with Gasteiger partial charge in [-0.25, -0.2) is 0 Å². The van der Waals surface area contributed by atoms with Crippen LogP contribution in [-0.2, 0) is 0 Å². The maximum Gasteiger partial charge on any atom is 0.0136 e. The van der Waals surface area contributed by atoms with Crippen molar-refractivity contribution in [2.45, 2.75) is 31.7 Å². The molecule has 66 valence electrons. The highest BCUT2D eigenvalue weighted by molar-refractivity contribution is 5.12. The van der Waals surface area contributed by atoms with Gasteiger partial charge in [0.05, 0.1) is 0 Å². The summed E-state index contributed by atoms with van der Waals surface area (Å²) in [5, 5.41) is 3.70. The predicted molar refractivity (Wildman–Crippen MR) is 49.9 cm³/mol. The number of hydrogen-bond donors (Lipinski definition) is 1. The van der Waals surface area contributed by atoms with Gasteiger partial charge in [0.15, 0.2) is 0 Å². The quantitative estimate of drug-likeness (QED) is 0.627. The van der Waals surface area contributed by atoms with Crippen molar-refractivity contribution in [1.82, 2.24) is 5.32 Å². The van der Waals surface area contributed by atoms with Crippen molar-refractivity contribution in [1.29, 1.82) is 0 Å². The second kappa shape index (κ2) is 2.59. The molecule has 3 aliphatic carbocycles. The van der Waals surface area contributed by atoms with Crippen LogP contribution in [-0.4, -0.2) is 12.6 Å². The maximum absolute atomic E-state index is 3.70. The van der Waals surface area contributed by atoms with E-state index in [1.54, 1.807) is 0 Å². The maximum atomic E-state index is 3.70. The molecule has 3 aliphatic rings. The third kappa shape index (κ3) is 1.11. The SMILES string of the molecule is C1=CC2C(C1)CC2NCC1CC1. The van der Waals surface area contributed by atoms with Crippen LogP contribution in [0.15, 0.2) is 12.2 Å². The molecule has 0 aromatic rings. The van der Waals surface area contributed by atoms with Crippen molar-refractivity contribution < 1.29 is 0 Å². The normalized spacial score (nSPS) is 44.2. The lowest BCUT2D eigenvalue weighted by Crippen LogP contribution is -2.48. The summed E-state index contributed by atoms with van der Waals surface area (Å²) in [6, 6.07) is 0.842. The predicted octanol–water partition coefficient (Wildman–Crippen LogP) is 1.95. The third-order valence-corrected chi connectivity index (χ3v) is 3.73. The first kappa shape index (κ1) is 7.14. The minimum atomic E-state index is 0.842. The van der Waals surface area contributed by atoms with Crippen molar-refractivity contribution >= 4 is 0 Å². The highest BCUT2D eigenvalue weighted by atomic mass is 15.0. The van der Waals surface area contributed by atoms with E-state index in [-0.39, 0.29) is 0 Å². The molecule has 0 amide bonds. The molecule has 0 saturated heterocycles. The first-order chi connectivity index (χ1) is 5.93. The topological polar surface area (TPSA) is 12.0 Å². The van der Waals surface area contributed by atoms with Crippen molar-refractivity contribution in [2.75, 3.05) is 6.54 Å². The van der Waals surface area contributed by atoms with Crippen molar-refractivity contribution in [2.24, 2.45) is 17.8 Å². The number of fused-ring (bicyclic) bond motifs is 1. The van der Waals surface area contributed by atoms with Gasteiger partial charge in [-0.3, -0.25) is 0 Å². The molecule has 3 rings (SSSR count). The molecule has 0 bridgehead atoms. The van der Waals surface area contributed by atoms with Gasteiger partial charge in [0, 0.05) is 6.04 Å². The van der Waals surface area contributed by atoms with Gasteiger partial charge in [0.2, 0.25) is 0 Å². The van der Waals surface area contributed by atoms with Gasteiger partial charge in [-0.15, -0.1) is 0 Å². The van der Waals surface area contributed by atoms with Crippen molar-refractivity contribution in [3.05, 3.63) is 12.2 Å². The summed E-state index contributed by atoms with van der Waals surface area (Å²) >= 11 is 0. The highest BCUT2D eigenvalue weighted by Crippen LogP contribution is 2.43. The molecule has 3 atom stereocenters. The standard InChI is InChI=1S/C11H17N/c1-2-9-6-11(10(9)3-1)12-7-8-4-5-8/h1,3,8-12H,2,4-7H2. The average Bonchev–Trinajstić information content (AvgIpc) is 2.78. The Morgan fingerprint density at radius 2 is 2.25 bits per heavy atom. The molecule has 1 N–H and O–H groups in total. The number of nitrogens with one attached hydrogen (secondary N) is 1. The summed E-state index contributed by atoms with van der Waals surface area (Å²) in [5.41, 5.74) is 0. The van der Waals surface area contributed by atoms with Gasteiger partial charge >= 0.3 is 0 Å². The zero-order valence-electron chi connectivity index (χ0n) is 7.50. The molecule has 3 unspecified atom stereocenters. The van der Waals surface area contributed by atoms with Crippen LogP contribution in [0.25, 0.3) is 0 Å². The second-order valence-electron chi connectivity index (χ2n) is 4.70. The minimum absolute atomic E-state index is 0.842. The van der Waals surface area contributed by atoms with Gasteiger partial charge in [-0.05, 0) is 50.0 Å². The van der Waals surface area contributed by atoms with Gasteiger partial charge < -0.3 is 5.32 Å². The van der Waals surface area contributed by atoms with E-state index in [0.717, 1.165) is 23.8 Å². The second-order valence-corrected chi connectivity index (χ2v) is 4.70. The molecule has 0 heterocycles. The van der Waals surface area contributed by atoms with E-state index in [9.17, 15) is 0 Å². The van der Waals surface area contributed by atoms with Crippen molar-refractivity contribution in [3.63, 3.8) is 0 Å². The molecular formula is C11H17N. The van der Waals surface area contributed by atoms with Crippen LogP contribution in [0.2, 0.25) is 0 Å². The summed E-state index contributed by atoms with van der Waals surface area (Å²) in [6.45, 7) is 1.29. The monoisotopic (exact) mass is 163 g/mol. The number of allylic oxidation sites excluding steroid dienone is 1. The molecular weight excluding hydrogens is 146 g/mol. The van der Waals surface area contributed by atoms with Crippen LogP contribution < -0.4 is 5.32 Å². The Balaban J connectivity index is 1.48. The first-order valence-corrected chi connectivity index (χ1v) is 5.33. The fourth-order valence-corrected chi connectivity index (χ4v) is 2.59. The van der Waals surface area contributed by atoms with E-state index in [2.05, 4.69) is 17.5 Å². The van der Waals surface area contributed by atoms with E-state index in [1.807, 2.05) is 0 Å². The van der Waals surface area contributed by atoms with Crippen LogP contribution in [0.4, 0.5) is 0 Å². The van der Waals surface area contributed by atoms with E-state index in [4.69, 9.17) is 0 Å². The average molecular weight is 163 g/mol. The lowest BCUT2D eigenvalue weighted by atomic mass is 9.71. The largest absolute Gasteiger partial charge is 0.313 e. The fourth-order valence-electron chi connectivity index (χ4n) is 2.59. The molecule has 0 radical (unpaired) electrons. The Bertz CT molecular complexity index is 205. The van der Waals surface area contributed by atoms with Crippen LogP contribution in [0, 0.1) is 17.8 Å². The van der Waals surface area contributed by atoms with E-state index in [1.165, 1.54) is 32.2 Å². The molecule has 12 heavy (non-hydrogen) atoms. The van der Waals surface area contributed by atoms with Gasteiger partial charge in [0.25, 0.3) is 0 Å². The molecule has 2 fully saturated rings. The van der Waals surface area contributed by atoms with Crippen LogP contribution in [0.5, 0.6) is 0 Å². The minimum Gasteiger partial charge on any atom is -0.313 e. The van der Waals surface area contributed by atoms with Gasteiger partial charge in [0.1, 0.15) is 0 Å². The lowest BCUT2D eigenvalue weighted by Gasteiger charge is -2.40. The Hall–Kier alpha value is -0.300. The summed E-state index contributed by atoms with van der Waals surface area (Å²) in [4.78, 5) is 0. The summed E-state index contributed by atoms with van der Waals surface area (Å²) in [6.07, 6.45) is 10.5. The molecule has 0 aliphatic heterocycles. The Morgan fingerprint density at radius 3 is 3.00 bits per heavy atom. The first-order valence-electron chi connectivity index (χ1n) is 5.33. The Labute approximate surface area is 74.2 Å². The molecule has 0 aromatic heterocycles. The molecule has 1 nitrogen and oxygen atoms in total.